The van der Waals surface area contributed by atoms with Gasteiger partial charge in [0, 0.05) is 6.61 Å². The molecule has 1 fully saturated rings. The van der Waals surface area contributed by atoms with Crippen molar-refractivity contribution in [1.29, 1.82) is 0 Å². The molecule has 1 unspecified atom stereocenters. The summed E-state index contributed by atoms with van der Waals surface area (Å²) in [5, 5.41) is 27.7. The Kier molecular flexibility index (Phi) is 5.49. The Labute approximate surface area is 89.6 Å². The molecule has 1 aliphatic heterocycles. The van der Waals surface area contributed by atoms with Crippen molar-refractivity contribution in [2.75, 3.05) is 13.2 Å². The monoisotopic (exact) mass is 220 g/mol. The zero-order valence-electron chi connectivity index (χ0n) is 9.00. The molecule has 0 aromatic carbocycles. The van der Waals surface area contributed by atoms with Gasteiger partial charge >= 0.3 is 0 Å². The van der Waals surface area contributed by atoms with Crippen molar-refractivity contribution in [2.24, 2.45) is 0 Å². The first kappa shape index (κ1) is 12.9. The molecular formula is C10H20O5. The Balaban J connectivity index is 2.25. The molecule has 90 valence electrons. The number of hydrogen-bond donors (Lipinski definition) is 3. The molecule has 0 saturated carbocycles. The zero-order chi connectivity index (χ0) is 11.3. The predicted molar refractivity (Wildman–Crippen MR) is 53.2 cm³/mol. The molecule has 0 aliphatic carbocycles. The van der Waals surface area contributed by atoms with Gasteiger partial charge in [-0.3, -0.25) is 0 Å². The van der Waals surface area contributed by atoms with Crippen LogP contribution in [-0.2, 0) is 9.47 Å². The highest BCUT2D eigenvalue weighted by Gasteiger charge is 2.42. The van der Waals surface area contributed by atoms with Gasteiger partial charge in [-0.05, 0) is 6.42 Å². The van der Waals surface area contributed by atoms with Gasteiger partial charge in [0.1, 0.15) is 18.3 Å². The van der Waals surface area contributed by atoms with Crippen LogP contribution in [-0.4, -0.2) is 53.1 Å². The molecule has 0 radical (unpaired) electrons. The van der Waals surface area contributed by atoms with E-state index in [2.05, 4.69) is 6.92 Å². The van der Waals surface area contributed by atoms with Gasteiger partial charge in [0.25, 0.3) is 0 Å². The maximum atomic E-state index is 9.50. The normalized spacial score (nSPS) is 36.0. The van der Waals surface area contributed by atoms with E-state index in [1.54, 1.807) is 0 Å². The lowest BCUT2D eigenvalue weighted by atomic mass is 10.1. The van der Waals surface area contributed by atoms with E-state index in [1.165, 1.54) is 0 Å². The van der Waals surface area contributed by atoms with Gasteiger partial charge in [0.15, 0.2) is 6.29 Å². The van der Waals surface area contributed by atoms with Crippen LogP contribution >= 0.6 is 0 Å². The van der Waals surface area contributed by atoms with Crippen LogP contribution in [0.3, 0.4) is 0 Å². The van der Waals surface area contributed by atoms with Gasteiger partial charge in [-0.2, -0.15) is 0 Å². The van der Waals surface area contributed by atoms with Crippen LogP contribution in [0, 0.1) is 0 Å². The highest BCUT2D eigenvalue weighted by molar-refractivity contribution is 4.86. The SMILES string of the molecule is CCCCCOC1O[C@H](CO)[C@@H](O)[C@@H]1O. The number of hydrogen-bond acceptors (Lipinski definition) is 5. The number of rotatable bonds is 6. The van der Waals surface area contributed by atoms with Crippen molar-refractivity contribution < 1.29 is 24.8 Å². The number of aliphatic hydroxyl groups excluding tert-OH is 3. The molecule has 0 amide bonds. The highest BCUT2D eigenvalue weighted by Crippen LogP contribution is 2.22. The van der Waals surface area contributed by atoms with Gasteiger partial charge in [-0.25, -0.2) is 0 Å². The molecular weight excluding hydrogens is 200 g/mol. The molecule has 0 aromatic rings. The quantitative estimate of drug-likeness (QED) is 0.532. The van der Waals surface area contributed by atoms with Crippen molar-refractivity contribution >= 4 is 0 Å². The van der Waals surface area contributed by atoms with Gasteiger partial charge in [0.05, 0.1) is 6.61 Å². The molecule has 1 heterocycles. The van der Waals surface area contributed by atoms with Gasteiger partial charge in [-0.1, -0.05) is 19.8 Å². The molecule has 1 saturated heterocycles. The van der Waals surface area contributed by atoms with Crippen LogP contribution in [0.25, 0.3) is 0 Å². The Morgan fingerprint density at radius 2 is 1.93 bits per heavy atom. The third kappa shape index (κ3) is 3.39. The first-order valence-corrected chi connectivity index (χ1v) is 5.44. The van der Waals surface area contributed by atoms with Crippen LogP contribution in [0.5, 0.6) is 0 Å². The molecule has 0 spiro atoms. The smallest absolute Gasteiger partial charge is 0.186 e. The lowest BCUT2D eigenvalue weighted by molar-refractivity contribution is -0.169. The third-order valence-electron chi connectivity index (χ3n) is 2.53. The van der Waals surface area contributed by atoms with Crippen molar-refractivity contribution in [3.05, 3.63) is 0 Å². The Morgan fingerprint density at radius 1 is 1.20 bits per heavy atom. The summed E-state index contributed by atoms with van der Waals surface area (Å²) in [6.45, 7) is 2.28. The minimum Gasteiger partial charge on any atom is -0.394 e. The summed E-state index contributed by atoms with van der Waals surface area (Å²) in [7, 11) is 0. The van der Waals surface area contributed by atoms with Crippen LogP contribution in [0.15, 0.2) is 0 Å². The van der Waals surface area contributed by atoms with Crippen molar-refractivity contribution in [1.82, 2.24) is 0 Å². The number of unbranched alkanes of at least 4 members (excludes halogenated alkanes) is 2. The maximum absolute atomic E-state index is 9.50. The van der Waals surface area contributed by atoms with E-state index in [4.69, 9.17) is 14.6 Å². The Hall–Kier alpha value is -0.200. The standard InChI is InChI=1S/C10H20O5/c1-2-3-4-5-14-10-9(13)8(12)7(6-11)15-10/h7-13H,2-6H2,1H3/t7-,8-,9+,10?/m1/s1. The fraction of sp³-hybridized carbons (Fsp3) is 1.00. The van der Waals surface area contributed by atoms with Crippen molar-refractivity contribution in [3.63, 3.8) is 0 Å². The molecule has 1 rings (SSSR count). The van der Waals surface area contributed by atoms with E-state index in [-0.39, 0.29) is 6.61 Å². The van der Waals surface area contributed by atoms with E-state index in [0.29, 0.717) is 6.61 Å². The fourth-order valence-electron chi connectivity index (χ4n) is 1.55. The molecule has 0 bridgehead atoms. The highest BCUT2D eigenvalue weighted by atomic mass is 16.7. The average molecular weight is 220 g/mol. The van der Waals surface area contributed by atoms with Crippen LogP contribution in [0.2, 0.25) is 0 Å². The maximum Gasteiger partial charge on any atom is 0.186 e. The fourth-order valence-corrected chi connectivity index (χ4v) is 1.55. The van der Waals surface area contributed by atoms with Crippen LogP contribution < -0.4 is 0 Å². The summed E-state index contributed by atoms with van der Waals surface area (Å²) in [4.78, 5) is 0. The second kappa shape index (κ2) is 6.40. The molecule has 0 aromatic heterocycles. The lowest BCUT2D eigenvalue weighted by Crippen LogP contribution is -2.34. The summed E-state index contributed by atoms with van der Waals surface area (Å²) in [5.74, 6) is 0. The largest absolute Gasteiger partial charge is 0.394 e. The van der Waals surface area contributed by atoms with E-state index in [1.807, 2.05) is 0 Å². The average Bonchev–Trinajstić information content (AvgIpc) is 2.52. The Morgan fingerprint density at radius 3 is 2.47 bits per heavy atom. The zero-order valence-corrected chi connectivity index (χ0v) is 9.00. The molecule has 1 aliphatic rings. The Bertz CT molecular complexity index is 175. The second-order valence-corrected chi connectivity index (χ2v) is 3.78. The molecule has 4 atom stereocenters. The van der Waals surface area contributed by atoms with E-state index in [0.717, 1.165) is 19.3 Å². The number of aliphatic hydroxyl groups is 3. The second-order valence-electron chi connectivity index (χ2n) is 3.78. The minimum atomic E-state index is -1.07. The lowest BCUT2D eigenvalue weighted by Gasteiger charge is -2.15. The summed E-state index contributed by atoms with van der Waals surface area (Å²) in [6.07, 6.45) is -0.614. The topological polar surface area (TPSA) is 79.2 Å². The van der Waals surface area contributed by atoms with Crippen LogP contribution in [0.4, 0.5) is 0 Å². The van der Waals surface area contributed by atoms with Gasteiger partial charge in [0.2, 0.25) is 0 Å². The summed E-state index contributed by atoms with van der Waals surface area (Å²) >= 11 is 0. The molecule has 15 heavy (non-hydrogen) atoms. The van der Waals surface area contributed by atoms with Crippen LogP contribution in [0.1, 0.15) is 26.2 Å². The van der Waals surface area contributed by atoms with E-state index >= 15 is 0 Å². The molecule has 5 heteroatoms. The van der Waals surface area contributed by atoms with Gasteiger partial charge in [-0.15, -0.1) is 0 Å². The van der Waals surface area contributed by atoms with Crippen molar-refractivity contribution in [3.8, 4) is 0 Å². The number of ether oxygens (including phenoxy) is 2. The van der Waals surface area contributed by atoms with Gasteiger partial charge < -0.3 is 24.8 Å². The summed E-state index contributed by atoms with van der Waals surface area (Å²) < 4.78 is 10.4. The van der Waals surface area contributed by atoms with Crippen molar-refractivity contribution in [2.45, 2.75) is 50.8 Å². The summed E-state index contributed by atoms with van der Waals surface area (Å²) in [6, 6.07) is 0. The summed E-state index contributed by atoms with van der Waals surface area (Å²) in [5.41, 5.74) is 0. The first-order chi connectivity index (χ1) is 7.20. The molecule has 5 nitrogen and oxygen atoms in total. The molecule has 3 N–H and O–H groups in total. The third-order valence-corrected chi connectivity index (χ3v) is 2.53. The predicted octanol–water partition coefficient (Wildman–Crippen LogP) is -0.368. The first-order valence-electron chi connectivity index (χ1n) is 5.44. The van der Waals surface area contributed by atoms with E-state index in [9.17, 15) is 10.2 Å². The minimum absolute atomic E-state index is 0.312. The van der Waals surface area contributed by atoms with E-state index < -0.39 is 24.6 Å².